The standard InChI is InChI=1S/C9H7N3O2/c13-12(14)7-5-10-8-3-1-2-4-9(8)11-6-7/h1-6,10H. The van der Waals surface area contributed by atoms with Gasteiger partial charge in [0.15, 0.2) is 0 Å². The number of allylic oxidation sites excluding steroid dienone is 1. The van der Waals surface area contributed by atoms with E-state index in [2.05, 4.69) is 10.3 Å². The molecule has 1 aromatic carbocycles. The van der Waals surface area contributed by atoms with Crippen LogP contribution in [0.2, 0.25) is 0 Å². The molecule has 1 heterocycles. The predicted molar refractivity (Wildman–Crippen MR) is 53.3 cm³/mol. The highest BCUT2D eigenvalue weighted by molar-refractivity contribution is 5.84. The first kappa shape index (κ1) is 8.43. The maximum absolute atomic E-state index is 10.5. The third kappa shape index (κ3) is 1.47. The van der Waals surface area contributed by atoms with Gasteiger partial charge in [0.05, 0.1) is 22.5 Å². The smallest absolute Gasteiger partial charge is 0.303 e. The Kier molecular flexibility index (Phi) is 1.98. The molecule has 0 saturated carbocycles. The van der Waals surface area contributed by atoms with Gasteiger partial charge in [-0.3, -0.25) is 10.1 Å². The van der Waals surface area contributed by atoms with Gasteiger partial charge in [-0.05, 0) is 12.1 Å². The van der Waals surface area contributed by atoms with Crippen molar-refractivity contribution in [1.82, 2.24) is 0 Å². The molecule has 0 radical (unpaired) electrons. The summed E-state index contributed by atoms with van der Waals surface area (Å²) >= 11 is 0. The Morgan fingerprint density at radius 3 is 2.93 bits per heavy atom. The van der Waals surface area contributed by atoms with Gasteiger partial charge >= 0.3 is 5.70 Å². The van der Waals surface area contributed by atoms with E-state index in [0.717, 1.165) is 5.69 Å². The van der Waals surface area contributed by atoms with Crippen molar-refractivity contribution in [3.8, 4) is 0 Å². The molecule has 1 aliphatic rings. The zero-order valence-corrected chi connectivity index (χ0v) is 7.18. The summed E-state index contributed by atoms with van der Waals surface area (Å²) < 4.78 is 0. The van der Waals surface area contributed by atoms with Crippen LogP contribution in [0.4, 0.5) is 11.4 Å². The van der Waals surface area contributed by atoms with E-state index in [1.807, 2.05) is 18.2 Å². The summed E-state index contributed by atoms with van der Waals surface area (Å²) in [6.45, 7) is 0. The van der Waals surface area contributed by atoms with E-state index >= 15 is 0 Å². The number of nitro groups is 1. The van der Waals surface area contributed by atoms with E-state index < -0.39 is 4.92 Å². The number of para-hydroxylation sites is 2. The molecule has 0 fully saturated rings. The molecule has 5 heteroatoms. The highest BCUT2D eigenvalue weighted by atomic mass is 16.6. The number of aliphatic imine (C=N–C) groups is 1. The zero-order chi connectivity index (χ0) is 9.97. The summed E-state index contributed by atoms with van der Waals surface area (Å²) in [7, 11) is 0. The summed E-state index contributed by atoms with van der Waals surface area (Å²) in [5.41, 5.74) is 1.41. The van der Waals surface area contributed by atoms with Crippen molar-refractivity contribution < 1.29 is 4.92 Å². The molecular weight excluding hydrogens is 182 g/mol. The molecule has 0 aliphatic carbocycles. The van der Waals surface area contributed by atoms with Gasteiger partial charge in [-0.15, -0.1) is 0 Å². The van der Waals surface area contributed by atoms with Crippen LogP contribution in [0.5, 0.6) is 0 Å². The van der Waals surface area contributed by atoms with Crippen molar-refractivity contribution >= 4 is 17.6 Å². The SMILES string of the molecule is O=[N+]([O-])C1=CNc2ccccc2N=C1. The first-order chi connectivity index (χ1) is 6.77. The minimum atomic E-state index is -0.484. The van der Waals surface area contributed by atoms with Crippen molar-refractivity contribution in [2.24, 2.45) is 4.99 Å². The lowest BCUT2D eigenvalue weighted by Crippen LogP contribution is -2.01. The Bertz CT molecular complexity index is 437. The summed E-state index contributed by atoms with van der Waals surface area (Å²) in [5, 5.41) is 13.3. The Balaban J connectivity index is 2.41. The van der Waals surface area contributed by atoms with Crippen molar-refractivity contribution in [2.75, 3.05) is 5.32 Å². The molecule has 0 spiro atoms. The van der Waals surface area contributed by atoms with Crippen LogP contribution >= 0.6 is 0 Å². The van der Waals surface area contributed by atoms with Crippen LogP contribution in [0.15, 0.2) is 41.2 Å². The third-order valence-corrected chi connectivity index (χ3v) is 1.83. The Labute approximate surface area is 79.9 Å². The second-order valence-electron chi connectivity index (χ2n) is 2.75. The van der Waals surface area contributed by atoms with E-state index in [-0.39, 0.29) is 5.70 Å². The lowest BCUT2D eigenvalue weighted by atomic mass is 10.3. The summed E-state index contributed by atoms with van der Waals surface area (Å²) in [4.78, 5) is 14.0. The zero-order valence-electron chi connectivity index (χ0n) is 7.18. The first-order valence-corrected chi connectivity index (χ1v) is 4.01. The number of fused-ring (bicyclic) bond motifs is 1. The number of nitrogens with zero attached hydrogens (tertiary/aromatic N) is 2. The molecule has 1 N–H and O–H groups in total. The van der Waals surface area contributed by atoms with Crippen LogP contribution in [0.25, 0.3) is 0 Å². The van der Waals surface area contributed by atoms with Gasteiger partial charge in [0, 0.05) is 0 Å². The fraction of sp³-hybridized carbons (Fsp3) is 0. The molecule has 0 atom stereocenters. The van der Waals surface area contributed by atoms with Crippen LogP contribution in [-0.4, -0.2) is 11.1 Å². The van der Waals surface area contributed by atoms with Gasteiger partial charge in [-0.2, -0.15) is 0 Å². The summed E-state index contributed by atoms with van der Waals surface area (Å²) in [6.07, 6.45) is 2.56. The Morgan fingerprint density at radius 2 is 2.14 bits per heavy atom. The van der Waals surface area contributed by atoms with E-state index in [1.54, 1.807) is 6.07 Å². The second kappa shape index (κ2) is 3.29. The van der Waals surface area contributed by atoms with Gasteiger partial charge in [0.2, 0.25) is 0 Å². The Hall–Kier alpha value is -2.17. The van der Waals surface area contributed by atoms with E-state index in [4.69, 9.17) is 0 Å². The minimum Gasteiger partial charge on any atom is -0.354 e. The quantitative estimate of drug-likeness (QED) is 0.542. The van der Waals surface area contributed by atoms with Gasteiger partial charge in [0.1, 0.15) is 6.21 Å². The molecular formula is C9H7N3O2. The monoisotopic (exact) mass is 189 g/mol. The normalized spacial score (nSPS) is 13.6. The highest BCUT2D eigenvalue weighted by Gasteiger charge is 2.10. The fourth-order valence-corrected chi connectivity index (χ4v) is 1.13. The number of hydrogen-bond donors (Lipinski definition) is 1. The number of anilines is 1. The van der Waals surface area contributed by atoms with Crippen LogP contribution < -0.4 is 5.32 Å². The van der Waals surface area contributed by atoms with Gasteiger partial charge in [-0.1, -0.05) is 12.1 Å². The molecule has 5 nitrogen and oxygen atoms in total. The second-order valence-corrected chi connectivity index (χ2v) is 2.75. The van der Waals surface area contributed by atoms with Gasteiger partial charge in [-0.25, -0.2) is 4.99 Å². The molecule has 70 valence electrons. The molecule has 0 bridgehead atoms. The van der Waals surface area contributed by atoms with Crippen molar-refractivity contribution in [3.05, 3.63) is 46.3 Å². The largest absolute Gasteiger partial charge is 0.354 e. The van der Waals surface area contributed by atoms with Crippen molar-refractivity contribution in [1.29, 1.82) is 0 Å². The van der Waals surface area contributed by atoms with E-state index in [1.165, 1.54) is 12.4 Å². The van der Waals surface area contributed by atoms with E-state index in [9.17, 15) is 10.1 Å². The lowest BCUT2D eigenvalue weighted by molar-refractivity contribution is -0.414. The average molecular weight is 189 g/mol. The molecule has 0 amide bonds. The minimum absolute atomic E-state index is 0.0544. The maximum Gasteiger partial charge on any atom is 0.303 e. The topological polar surface area (TPSA) is 67.5 Å². The number of nitrogens with one attached hydrogen (secondary N) is 1. The number of rotatable bonds is 1. The summed E-state index contributed by atoms with van der Waals surface area (Å²) in [5.74, 6) is 0. The van der Waals surface area contributed by atoms with Crippen LogP contribution in [0, 0.1) is 10.1 Å². The molecule has 0 unspecified atom stereocenters. The molecule has 1 aliphatic heterocycles. The van der Waals surface area contributed by atoms with Crippen LogP contribution in [-0.2, 0) is 0 Å². The first-order valence-electron chi connectivity index (χ1n) is 4.01. The molecule has 1 aromatic rings. The summed E-state index contributed by atoms with van der Waals surface area (Å²) in [6, 6.07) is 7.27. The van der Waals surface area contributed by atoms with Gasteiger partial charge < -0.3 is 5.32 Å². The van der Waals surface area contributed by atoms with Crippen LogP contribution in [0.1, 0.15) is 0 Å². The highest BCUT2D eigenvalue weighted by Crippen LogP contribution is 2.25. The van der Waals surface area contributed by atoms with Crippen LogP contribution in [0.3, 0.4) is 0 Å². The van der Waals surface area contributed by atoms with Crippen molar-refractivity contribution in [2.45, 2.75) is 0 Å². The third-order valence-electron chi connectivity index (χ3n) is 1.83. The van der Waals surface area contributed by atoms with E-state index in [0.29, 0.717) is 5.69 Å². The molecule has 0 aromatic heterocycles. The fourth-order valence-electron chi connectivity index (χ4n) is 1.13. The molecule has 14 heavy (non-hydrogen) atoms. The van der Waals surface area contributed by atoms with Gasteiger partial charge in [0.25, 0.3) is 0 Å². The predicted octanol–water partition coefficient (Wildman–Crippen LogP) is 1.93. The maximum atomic E-state index is 10.5. The van der Waals surface area contributed by atoms with Crippen molar-refractivity contribution in [3.63, 3.8) is 0 Å². The lowest BCUT2D eigenvalue weighted by Gasteiger charge is -2.00. The number of hydrogen-bond acceptors (Lipinski definition) is 4. The molecule has 2 rings (SSSR count). The number of benzene rings is 1. The average Bonchev–Trinajstić information content (AvgIpc) is 2.39. The molecule has 0 saturated heterocycles. The Morgan fingerprint density at radius 1 is 1.36 bits per heavy atom.